The summed E-state index contributed by atoms with van der Waals surface area (Å²) in [5.41, 5.74) is 3.12. The second-order valence-electron chi connectivity index (χ2n) is 7.38. The highest BCUT2D eigenvalue weighted by Crippen LogP contribution is 2.34. The minimum Gasteiger partial charge on any atom is -0.497 e. The molecule has 1 aromatic heterocycles. The van der Waals surface area contributed by atoms with Gasteiger partial charge in [-0.1, -0.05) is 23.5 Å². The average molecular weight is 459 g/mol. The molecule has 0 unspecified atom stereocenters. The molecule has 9 heteroatoms. The SMILES string of the molecule is COc1ccc(F)c(-c2ccc(N3CC(C(=O)N(C)c4nc(C)c(SN)s4)C3)cc2)c1. The van der Waals surface area contributed by atoms with Gasteiger partial charge in [-0.25, -0.2) is 9.37 Å². The molecule has 2 aromatic carbocycles. The minimum atomic E-state index is -0.292. The van der Waals surface area contributed by atoms with Crippen molar-refractivity contribution in [2.24, 2.45) is 11.1 Å². The van der Waals surface area contributed by atoms with Crippen LogP contribution in [0.15, 0.2) is 46.7 Å². The third kappa shape index (κ3) is 4.26. The number of carbonyl (C=O) groups excluding carboxylic acids is 1. The molecule has 1 aliphatic heterocycles. The van der Waals surface area contributed by atoms with Crippen molar-refractivity contribution >= 4 is 40.0 Å². The quantitative estimate of drug-likeness (QED) is 0.555. The Hall–Kier alpha value is -2.62. The second kappa shape index (κ2) is 8.86. The van der Waals surface area contributed by atoms with Crippen molar-refractivity contribution in [3.63, 3.8) is 0 Å². The summed E-state index contributed by atoms with van der Waals surface area (Å²) in [4.78, 5) is 21.0. The normalized spacial score (nSPS) is 13.8. The van der Waals surface area contributed by atoms with Crippen LogP contribution < -0.4 is 19.7 Å². The standard InChI is InChI=1S/C22H23FN4O2S2/c1-13-21(31-24)30-22(25-13)26(2)20(28)15-11-27(12-15)16-6-4-14(5-7-16)18-10-17(29-3)8-9-19(18)23/h4-10,15H,11-12,24H2,1-3H3. The first-order valence-electron chi connectivity index (χ1n) is 9.72. The molecule has 1 amide bonds. The highest BCUT2D eigenvalue weighted by atomic mass is 32.2. The molecule has 2 heterocycles. The topological polar surface area (TPSA) is 71.7 Å². The van der Waals surface area contributed by atoms with Gasteiger partial charge in [0.15, 0.2) is 5.13 Å². The van der Waals surface area contributed by atoms with Crippen LogP contribution in [0.3, 0.4) is 0 Å². The van der Waals surface area contributed by atoms with Gasteiger partial charge >= 0.3 is 0 Å². The first kappa shape index (κ1) is 21.6. The van der Waals surface area contributed by atoms with Gasteiger partial charge in [0.1, 0.15) is 11.6 Å². The summed E-state index contributed by atoms with van der Waals surface area (Å²) in [6.07, 6.45) is 0. The molecule has 0 spiro atoms. The third-order valence-corrected chi connectivity index (χ3v) is 7.49. The maximum atomic E-state index is 14.2. The number of hydrogen-bond donors (Lipinski definition) is 1. The van der Waals surface area contributed by atoms with Crippen LogP contribution in [0.5, 0.6) is 5.75 Å². The lowest BCUT2D eigenvalue weighted by molar-refractivity contribution is -0.122. The average Bonchev–Trinajstić information content (AvgIpc) is 3.13. The summed E-state index contributed by atoms with van der Waals surface area (Å²) < 4.78 is 20.3. The number of thiazole rings is 1. The van der Waals surface area contributed by atoms with E-state index in [-0.39, 0.29) is 17.6 Å². The van der Waals surface area contributed by atoms with Crippen LogP contribution in [0.2, 0.25) is 0 Å². The fraction of sp³-hybridized carbons (Fsp3) is 0.273. The number of carbonyl (C=O) groups is 1. The van der Waals surface area contributed by atoms with Crippen molar-refractivity contribution in [2.75, 3.05) is 37.0 Å². The summed E-state index contributed by atoms with van der Waals surface area (Å²) >= 11 is 2.58. The number of nitrogens with two attached hydrogens (primary N) is 1. The summed E-state index contributed by atoms with van der Waals surface area (Å²) in [6, 6.07) is 12.4. The Morgan fingerprint density at radius 3 is 2.61 bits per heavy atom. The van der Waals surface area contributed by atoms with Crippen molar-refractivity contribution in [1.29, 1.82) is 0 Å². The zero-order valence-corrected chi connectivity index (χ0v) is 19.1. The lowest BCUT2D eigenvalue weighted by Crippen LogP contribution is -2.54. The number of aromatic nitrogens is 1. The number of methoxy groups -OCH3 is 1. The van der Waals surface area contributed by atoms with Gasteiger partial charge in [-0.15, -0.1) is 0 Å². The largest absolute Gasteiger partial charge is 0.497 e. The number of nitrogens with zero attached hydrogens (tertiary/aromatic N) is 3. The van der Waals surface area contributed by atoms with E-state index in [0.717, 1.165) is 33.1 Å². The van der Waals surface area contributed by atoms with Crippen molar-refractivity contribution in [1.82, 2.24) is 4.98 Å². The number of benzene rings is 2. The predicted molar refractivity (Wildman–Crippen MR) is 124 cm³/mol. The number of aryl methyl sites for hydroxylation is 1. The van der Waals surface area contributed by atoms with Gasteiger partial charge in [0.2, 0.25) is 5.91 Å². The van der Waals surface area contributed by atoms with E-state index in [9.17, 15) is 9.18 Å². The Morgan fingerprint density at radius 2 is 2.00 bits per heavy atom. The van der Waals surface area contributed by atoms with Crippen molar-refractivity contribution in [2.45, 2.75) is 11.1 Å². The monoisotopic (exact) mass is 458 g/mol. The van der Waals surface area contributed by atoms with Crippen LogP contribution in [0.25, 0.3) is 11.1 Å². The second-order valence-corrected chi connectivity index (χ2v) is 9.26. The fourth-order valence-corrected chi connectivity index (χ4v) is 4.94. The number of anilines is 2. The van der Waals surface area contributed by atoms with E-state index in [1.54, 1.807) is 31.2 Å². The highest BCUT2D eigenvalue weighted by molar-refractivity contribution is 7.99. The number of ether oxygens (including phenoxy) is 1. The zero-order valence-electron chi connectivity index (χ0n) is 17.5. The lowest BCUT2D eigenvalue weighted by atomic mass is 9.97. The molecule has 1 aliphatic rings. The first-order valence-corrected chi connectivity index (χ1v) is 11.4. The van der Waals surface area contributed by atoms with Crippen LogP contribution >= 0.6 is 23.3 Å². The number of halogens is 1. The molecule has 31 heavy (non-hydrogen) atoms. The molecule has 0 atom stereocenters. The molecule has 3 aromatic rings. The van der Waals surface area contributed by atoms with Crippen LogP contribution in [-0.4, -0.2) is 38.1 Å². The Bertz CT molecular complexity index is 1100. The van der Waals surface area contributed by atoms with Crippen molar-refractivity contribution in [3.05, 3.63) is 54.0 Å². The molecule has 1 saturated heterocycles. The van der Waals surface area contributed by atoms with Crippen LogP contribution in [0.1, 0.15) is 5.69 Å². The summed E-state index contributed by atoms with van der Waals surface area (Å²) in [5, 5.41) is 6.31. The van der Waals surface area contributed by atoms with Gasteiger partial charge in [0.05, 0.1) is 22.9 Å². The maximum absolute atomic E-state index is 14.2. The summed E-state index contributed by atoms with van der Waals surface area (Å²) in [5.74, 6) is 0.286. The molecule has 6 nitrogen and oxygen atoms in total. The van der Waals surface area contributed by atoms with E-state index < -0.39 is 0 Å². The van der Waals surface area contributed by atoms with Crippen LogP contribution in [0, 0.1) is 18.7 Å². The first-order chi connectivity index (χ1) is 14.9. The van der Waals surface area contributed by atoms with Crippen LogP contribution in [-0.2, 0) is 4.79 Å². The lowest BCUT2D eigenvalue weighted by Gasteiger charge is -2.41. The number of hydrogen-bond acceptors (Lipinski definition) is 7. The molecule has 0 radical (unpaired) electrons. The summed E-state index contributed by atoms with van der Waals surface area (Å²) in [6.45, 7) is 3.16. The minimum absolute atomic E-state index is 0.0497. The number of rotatable bonds is 6. The van der Waals surface area contributed by atoms with Crippen molar-refractivity contribution in [3.8, 4) is 16.9 Å². The highest BCUT2D eigenvalue weighted by Gasteiger charge is 2.35. The fourth-order valence-electron chi connectivity index (χ4n) is 3.54. The third-order valence-electron chi connectivity index (χ3n) is 5.42. The van der Waals surface area contributed by atoms with E-state index in [2.05, 4.69) is 9.88 Å². The van der Waals surface area contributed by atoms with Gasteiger partial charge in [-0.05, 0) is 54.8 Å². The van der Waals surface area contributed by atoms with E-state index in [4.69, 9.17) is 9.88 Å². The smallest absolute Gasteiger partial charge is 0.235 e. The predicted octanol–water partition coefficient (Wildman–Crippen LogP) is 4.33. The summed E-state index contributed by atoms with van der Waals surface area (Å²) in [7, 11) is 3.32. The molecule has 0 bridgehead atoms. The molecule has 2 N–H and O–H groups in total. The van der Waals surface area contributed by atoms with Gasteiger partial charge in [0.25, 0.3) is 0 Å². The van der Waals surface area contributed by atoms with Crippen molar-refractivity contribution < 1.29 is 13.9 Å². The molecule has 0 saturated carbocycles. The molecular formula is C22H23FN4O2S2. The van der Waals surface area contributed by atoms with E-state index >= 15 is 0 Å². The van der Waals surface area contributed by atoms with E-state index in [1.807, 2.05) is 31.2 Å². The van der Waals surface area contributed by atoms with Gasteiger partial charge in [0, 0.05) is 31.4 Å². The van der Waals surface area contributed by atoms with Gasteiger partial charge in [-0.3, -0.25) is 14.8 Å². The molecule has 4 rings (SSSR count). The van der Waals surface area contributed by atoms with E-state index in [1.165, 1.54) is 17.4 Å². The maximum Gasteiger partial charge on any atom is 0.235 e. The zero-order chi connectivity index (χ0) is 22.1. The molecule has 0 aliphatic carbocycles. The Labute approximate surface area is 189 Å². The van der Waals surface area contributed by atoms with Gasteiger partial charge in [-0.2, -0.15) is 0 Å². The van der Waals surface area contributed by atoms with Crippen LogP contribution in [0.4, 0.5) is 15.2 Å². The number of amides is 1. The Balaban J connectivity index is 1.40. The van der Waals surface area contributed by atoms with E-state index in [0.29, 0.717) is 29.5 Å². The Kier molecular flexibility index (Phi) is 6.17. The molecular weight excluding hydrogens is 435 g/mol. The molecule has 1 fully saturated rings. The Morgan fingerprint density at radius 1 is 1.29 bits per heavy atom. The van der Waals surface area contributed by atoms with Gasteiger partial charge < -0.3 is 9.64 Å². The molecule has 162 valence electrons.